The average molecular weight is 396 g/mol. The smallest absolute Gasteiger partial charge is 0.383 e. The molecule has 28 heavy (non-hydrogen) atoms. The van der Waals surface area contributed by atoms with E-state index in [9.17, 15) is 23.7 Å². The van der Waals surface area contributed by atoms with Gasteiger partial charge in [0.1, 0.15) is 28.5 Å². The Kier molecular flexibility index (Phi) is 5.25. The second-order valence-electron chi connectivity index (χ2n) is 5.64. The number of alkyl halides is 3. The molecule has 0 aliphatic carbocycles. The summed E-state index contributed by atoms with van der Waals surface area (Å²) in [6, 6.07) is 17.3. The van der Waals surface area contributed by atoms with E-state index in [-0.39, 0.29) is 33.1 Å². The van der Waals surface area contributed by atoms with Gasteiger partial charge < -0.3 is 5.73 Å². The molecule has 138 valence electrons. The van der Waals surface area contributed by atoms with Crippen LogP contribution in [0.15, 0.2) is 64.5 Å². The van der Waals surface area contributed by atoms with Crippen molar-refractivity contribution < 1.29 is 13.2 Å². The van der Waals surface area contributed by atoms with E-state index in [0.717, 1.165) is 17.0 Å². The van der Waals surface area contributed by atoms with Gasteiger partial charge in [-0.1, -0.05) is 42.1 Å². The van der Waals surface area contributed by atoms with Crippen molar-refractivity contribution in [1.82, 2.24) is 4.98 Å². The number of nitrogen functional groups attached to an aromatic ring is 1. The molecule has 0 fully saturated rings. The van der Waals surface area contributed by atoms with Gasteiger partial charge in [0, 0.05) is 10.5 Å². The van der Waals surface area contributed by atoms with E-state index in [4.69, 9.17) is 5.73 Å². The van der Waals surface area contributed by atoms with Gasteiger partial charge in [-0.2, -0.15) is 23.7 Å². The van der Waals surface area contributed by atoms with Crippen LogP contribution in [-0.4, -0.2) is 4.98 Å². The summed E-state index contributed by atoms with van der Waals surface area (Å²) in [6.07, 6.45) is -4.49. The Morgan fingerprint density at radius 1 is 0.893 bits per heavy atom. The minimum absolute atomic E-state index is 0.0475. The van der Waals surface area contributed by atoms with E-state index in [1.807, 2.05) is 42.5 Å². The number of nitriles is 2. The number of aromatic nitrogens is 1. The standard InChI is InChI=1S/C20H11F3N4S/c21-20(22,23)13-8-6-12(7-9-13)17-15(10-24)18(26)27-19(16(17)11-25)28-14-4-2-1-3-5-14/h1-9H,(H2,26,27). The Hall–Kier alpha value is -3.49. The quantitative estimate of drug-likeness (QED) is 0.654. The molecule has 4 nitrogen and oxygen atoms in total. The van der Waals surface area contributed by atoms with E-state index in [0.29, 0.717) is 0 Å². The highest BCUT2D eigenvalue weighted by Gasteiger charge is 2.30. The van der Waals surface area contributed by atoms with Crippen molar-refractivity contribution >= 4 is 17.6 Å². The monoisotopic (exact) mass is 396 g/mol. The fourth-order valence-corrected chi connectivity index (χ4v) is 3.50. The van der Waals surface area contributed by atoms with Crippen LogP contribution in [0.1, 0.15) is 16.7 Å². The first-order chi connectivity index (χ1) is 13.3. The van der Waals surface area contributed by atoms with Crippen LogP contribution < -0.4 is 5.73 Å². The fraction of sp³-hybridized carbons (Fsp3) is 0.0500. The predicted molar refractivity (Wildman–Crippen MR) is 99.1 cm³/mol. The maximum atomic E-state index is 12.8. The van der Waals surface area contributed by atoms with E-state index in [1.165, 1.54) is 23.9 Å². The normalized spacial score (nSPS) is 10.9. The SMILES string of the molecule is N#Cc1c(N)nc(Sc2ccccc2)c(C#N)c1-c1ccc(C(F)(F)F)cc1. The third-order valence-electron chi connectivity index (χ3n) is 3.87. The number of nitrogens with two attached hydrogens (primary N) is 1. The molecule has 0 bridgehead atoms. The molecule has 0 spiro atoms. The Morgan fingerprint density at radius 2 is 1.50 bits per heavy atom. The van der Waals surface area contributed by atoms with Crippen LogP contribution in [0.2, 0.25) is 0 Å². The van der Waals surface area contributed by atoms with E-state index in [1.54, 1.807) is 0 Å². The zero-order chi connectivity index (χ0) is 20.3. The highest BCUT2D eigenvalue weighted by Crippen LogP contribution is 2.39. The second-order valence-corrected chi connectivity index (χ2v) is 6.70. The van der Waals surface area contributed by atoms with Crippen molar-refractivity contribution in [2.75, 3.05) is 5.73 Å². The first kappa shape index (κ1) is 19.3. The lowest BCUT2D eigenvalue weighted by Gasteiger charge is -2.14. The number of nitrogens with zero attached hydrogens (tertiary/aromatic N) is 3. The number of hydrogen-bond donors (Lipinski definition) is 1. The molecule has 0 radical (unpaired) electrons. The summed E-state index contributed by atoms with van der Waals surface area (Å²) in [5, 5.41) is 19.5. The molecule has 0 saturated carbocycles. The molecule has 8 heteroatoms. The number of hydrogen-bond acceptors (Lipinski definition) is 5. The van der Waals surface area contributed by atoms with Crippen LogP contribution in [0.3, 0.4) is 0 Å². The molecule has 0 aliphatic heterocycles. The molecule has 0 saturated heterocycles. The van der Waals surface area contributed by atoms with Gasteiger partial charge in [0.05, 0.1) is 11.1 Å². The van der Waals surface area contributed by atoms with Crippen molar-refractivity contribution in [3.63, 3.8) is 0 Å². The maximum absolute atomic E-state index is 12.8. The van der Waals surface area contributed by atoms with Crippen LogP contribution in [0.5, 0.6) is 0 Å². The Balaban J connectivity index is 2.19. The first-order valence-electron chi connectivity index (χ1n) is 7.89. The van der Waals surface area contributed by atoms with E-state index >= 15 is 0 Å². The zero-order valence-electron chi connectivity index (χ0n) is 14.2. The van der Waals surface area contributed by atoms with Gasteiger partial charge in [-0.15, -0.1) is 0 Å². The summed E-state index contributed by atoms with van der Waals surface area (Å²) in [6.45, 7) is 0. The van der Waals surface area contributed by atoms with Gasteiger partial charge in [0.15, 0.2) is 0 Å². The van der Waals surface area contributed by atoms with Gasteiger partial charge in [-0.3, -0.25) is 0 Å². The highest BCUT2D eigenvalue weighted by molar-refractivity contribution is 7.99. The predicted octanol–water partition coefficient (Wildman–Crippen LogP) is 5.24. The molecule has 3 rings (SSSR count). The summed E-state index contributed by atoms with van der Waals surface area (Å²) < 4.78 is 38.5. The number of rotatable bonds is 3. The largest absolute Gasteiger partial charge is 0.416 e. The molecule has 0 unspecified atom stereocenters. The molecule has 2 N–H and O–H groups in total. The fourth-order valence-electron chi connectivity index (χ4n) is 2.59. The summed E-state index contributed by atoms with van der Waals surface area (Å²) in [5.41, 5.74) is 5.57. The van der Waals surface area contributed by atoms with Gasteiger partial charge in [0.2, 0.25) is 0 Å². The van der Waals surface area contributed by atoms with Crippen LogP contribution in [-0.2, 0) is 6.18 Å². The second kappa shape index (κ2) is 7.63. The Morgan fingerprint density at radius 3 is 2.04 bits per heavy atom. The van der Waals surface area contributed by atoms with Gasteiger partial charge in [0.25, 0.3) is 0 Å². The number of benzene rings is 2. The van der Waals surface area contributed by atoms with E-state index in [2.05, 4.69) is 4.98 Å². The number of halogens is 3. The molecule has 0 aliphatic rings. The van der Waals surface area contributed by atoms with Crippen LogP contribution in [0, 0.1) is 22.7 Å². The Labute approximate surface area is 163 Å². The summed E-state index contributed by atoms with van der Waals surface area (Å²) in [4.78, 5) is 4.97. The maximum Gasteiger partial charge on any atom is 0.416 e. The minimum Gasteiger partial charge on any atom is -0.383 e. The van der Waals surface area contributed by atoms with Crippen LogP contribution >= 0.6 is 11.8 Å². The minimum atomic E-state index is -4.49. The number of pyridine rings is 1. The van der Waals surface area contributed by atoms with Gasteiger partial charge >= 0.3 is 6.18 Å². The van der Waals surface area contributed by atoms with Crippen molar-refractivity contribution in [3.8, 4) is 23.3 Å². The molecular formula is C20H11F3N4S. The van der Waals surface area contributed by atoms with Gasteiger partial charge in [-0.25, -0.2) is 4.98 Å². The van der Waals surface area contributed by atoms with Crippen LogP contribution in [0.4, 0.5) is 19.0 Å². The molecular weight excluding hydrogens is 385 g/mol. The van der Waals surface area contributed by atoms with E-state index < -0.39 is 11.7 Å². The average Bonchev–Trinajstić information content (AvgIpc) is 2.68. The summed E-state index contributed by atoms with van der Waals surface area (Å²) in [7, 11) is 0. The van der Waals surface area contributed by atoms with Crippen molar-refractivity contribution in [1.29, 1.82) is 10.5 Å². The van der Waals surface area contributed by atoms with Crippen LogP contribution in [0.25, 0.3) is 11.1 Å². The van der Waals surface area contributed by atoms with Crippen molar-refractivity contribution in [2.45, 2.75) is 16.1 Å². The molecule has 1 heterocycles. The first-order valence-corrected chi connectivity index (χ1v) is 8.71. The highest BCUT2D eigenvalue weighted by atomic mass is 32.2. The lowest BCUT2D eigenvalue weighted by Crippen LogP contribution is -2.05. The summed E-state index contributed by atoms with van der Waals surface area (Å²) in [5.74, 6) is -0.0881. The van der Waals surface area contributed by atoms with Crippen molar-refractivity contribution in [2.24, 2.45) is 0 Å². The lowest BCUT2D eigenvalue weighted by molar-refractivity contribution is -0.137. The molecule has 0 atom stereocenters. The zero-order valence-corrected chi connectivity index (χ0v) is 15.0. The van der Waals surface area contributed by atoms with Crippen molar-refractivity contribution in [3.05, 3.63) is 71.3 Å². The molecule has 2 aromatic carbocycles. The summed E-state index contributed by atoms with van der Waals surface area (Å²) >= 11 is 1.19. The topological polar surface area (TPSA) is 86.5 Å². The molecule has 1 aromatic heterocycles. The lowest BCUT2D eigenvalue weighted by atomic mass is 9.96. The van der Waals surface area contributed by atoms with Gasteiger partial charge in [-0.05, 0) is 29.8 Å². The molecule has 3 aromatic rings. The molecule has 0 amide bonds. The third-order valence-corrected chi connectivity index (χ3v) is 4.87. The number of anilines is 1. The third kappa shape index (κ3) is 3.78. The Bertz CT molecular complexity index is 1100.